The summed E-state index contributed by atoms with van der Waals surface area (Å²) >= 11 is 0. The molecule has 0 aromatic carbocycles. The fourth-order valence-corrected chi connectivity index (χ4v) is 1.89. The van der Waals surface area contributed by atoms with Crippen molar-refractivity contribution in [3.63, 3.8) is 0 Å². The largest absolute Gasteiger partial charge is 0.461 e. The molecule has 3 nitrogen and oxygen atoms in total. The number of ketones is 1. The van der Waals surface area contributed by atoms with Gasteiger partial charge >= 0.3 is 5.97 Å². The van der Waals surface area contributed by atoms with Crippen LogP contribution < -0.4 is 0 Å². The average Bonchev–Trinajstić information content (AvgIpc) is 2.39. The topological polar surface area (TPSA) is 43.4 Å². The van der Waals surface area contributed by atoms with Crippen LogP contribution in [0, 0.1) is 5.92 Å². The summed E-state index contributed by atoms with van der Waals surface area (Å²) in [5.41, 5.74) is 0.747. The van der Waals surface area contributed by atoms with Crippen LogP contribution in [0.15, 0.2) is 12.2 Å². The zero-order valence-corrected chi connectivity index (χ0v) is 9.25. The van der Waals surface area contributed by atoms with Crippen LogP contribution in [-0.2, 0) is 14.3 Å². The predicted molar refractivity (Wildman–Crippen MR) is 57.4 cm³/mol. The molecule has 1 saturated carbocycles. The van der Waals surface area contributed by atoms with E-state index in [9.17, 15) is 9.59 Å². The van der Waals surface area contributed by atoms with E-state index < -0.39 is 0 Å². The predicted octanol–water partition coefficient (Wildman–Crippen LogP) is 2.26. The Morgan fingerprint density at radius 2 is 2.20 bits per heavy atom. The van der Waals surface area contributed by atoms with Crippen molar-refractivity contribution in [2.45, 2.75) is 39.0 Å². The lowest BCUT2D eigenvalue weighted by atomic mass is 9.92. The van der Waals surface area contributed by atoms with Crippen LogP contribution in [0.3, 0.4) is 0 Å². The Morgan fingerprint density at radius 1 is 1.47 bits per heavy atom. The maximum atomic E-state index is 11.7. The third-order valence-electron chi connectivity index (χ3n) is 2.76. The Hall–Kier alpha value is -1.12. The lowest BCUT2D eigenvalue weighted by molar-refractivity contribution is -0.140. The molecule has 0 aromatic heterocycles. The van der Waals surface area contributed by atoms with Gasteiger partial charge in [0.15, 0.2) is 0 Å². The van der Waals surface area contributed by atoms with Gasteiger partial charge in [-0.25, -0.2) is 0 Å². The summed E-state index contributed by atoms with van der Waals surface area (Å²) < 4.78 is 4.86. The first-order valence-electron chi connectivity index (χ1n) is 5.45. The highest BCUT2D eigenvalue weighted by atomic mass is 16.5. The molecule has 0 spiro atoms. The van der Waals surface area contributed by atoms with Crippen molar-refractivity contribution >= 4 is 11.8 Å². The number of Topliss-reactive ketones (excluding diaryl/α,β-unsaturated/α-hetero) is 1. The van der Waals surface area contributed by atoms with Crippen molar-refractivity contribution in [1.29, 1.82) is 0 Å². The number of ether oxygens (including phenoxy) is 1. The van der Waals surface area contributed by atoms with Gasteiger partial charge < -0.3 is 4.74 Å². The van der Waals surface area contributed by atoms with E-state index in [1.165, 1.54) is 6.92 Å². The lowest BCUT2D eigenvalue weighted by Crippen LogP contribution is -2.18. The van der Waals surface area contributed by atoms with Crippen molar-refractivity contribution in [3.05, 3.63) is 12.2 Å². The van der Waals surface area contributed by atoms with E-state index in [1.807, 2.05) is 0 Å². The summed E-state index contributed by atoms with van der Waals surface area (Å²) in [6.07, 6.45) is 4.66. The van der Waals surface area contributed by atoms with E-state index in [2.05, 4.69) is 6.58 Å². The van der Waals surface area contributed by atoms with E-state index in [0.29, 0.717) is 6.42 Å². The maximum absolute atomic E-state index is 11.7. The van der Waals surface area contributed by atoms with Crippen LogP contribution in [0.1, 0.15) is 39.0 Å². The van der Waals surface area contributed by atoms with Gasteiger partial charge in [0.05, 0.1) is 0 Å². The van der Waals surface area contributed by atoms with Gasteiger partial charge in [-0.05, 0) is 18.4 Å². The van der Waals surface area contributed by atoms with Gasteiger partial charge in [0.25, 0.3) is 0 Å². The number of hydrogen-bond acceptors (Lipinski definition) is 3. The molecule has 0 amide bonds. The first-order chi connectivity index (χ1) is 7.11. The van der Waals surface area contributed by atoms with E-state index in [4.69, 9.17) is 4.74 Å². The summed E-state index contributed by atoms with van der Waals surface area (Å²) in [5.74, 6) is -0.159. The second-order valence-corrected chi connectivity index (χ2v) is 4.06. The quantitative estimate of drug-likeness (QED) is 0.407. The van der Waals surface area contributed by atoms with Crippen molar-refractivity contribution < 1.29 is 14.3 Å². The molecule has 84 valence electrons. The summed E-state index contributed by atoms with van der Waals surface area (Å²) in [4.78, 5) is 22.3. The molecule has 0 radical (unpaired) electrons. The number of esters is 1. The van der Waals surface area contributed by atoms with Gasteiger partial charge in [-0.15, -0.1) is 0 Å². The number of rotatable bonds is 3. The lowest BCUT2D eigenvalue weighted by Gasteiger charge is -2.15. The SMILES string of the molecule is C=C(COC(C)=O)C1CCCCCC1=O. The van der Waals surface area contributed by atoms with E-state index in [1.54, 1.807) is 0 Å². The molecule has 3 heteroatoms. The second-order valence-electron chi connectivity index (χ2n) is 4.06. The molecule has 0 aliphatic heterocycles. The molecule has 0 bridgehead atoms. The van der Waals surface area contributed by atoms with Crippen LogP contribution in [0.5, 0.6) is 0 Å². The van der Waals surface area contributed by atoms with Crippen molar-refractivity contribution in [1.82, 2.24) is 0 Å². The van der Waals surface area contributed by atoms with Crippen LogP contribution in [0.25, 0.3) is 0 Å². The third-order valence-corrected chi connectivity index (χ3v) is 2.76. The molecule has 1 unspecified atom stereocenters. The highest BCUT2D eigenvalue weighted by Crippen LogP contribution is 2.25. The molecule has 0 saturated heterocycles. The Bertz CT molecular complexity index is 268. The molecule has 1 atom stereocenters. The molecule has 1 fully saturated rings. The molecule has 0 heterocycles. The number of carbonyl (C=O) groups is 2. The van der Waals surface area contributed by atoms with Crippen LogP contribution >= 0.6 is 0 Å². The van der Waals surface area contributed by atoms with E-state index in [0.717, 1.165) is 31.3 Å². The Labute approximate surface area is 90.5 Å². The van der Waals surface area contributed by atoms with E-state index in [-0.39, 0.29) is 24.3 Å². The van der Waals surface area contributed by atoms with Crippen molar-refractivity contribution in [3.8, 4) is 0 Å². The van der Waals surface area contributed by atoms with Gasteiger partial charge in [-0.3, -0.25) is 9.59 Å². The van der Waals surface area contributed by atoms with Crippen LogP contribution in [0.4, 0.5) is 0 Å². The summed E-state index contributed by atoms with van der Waals surface area (Å²) in [7, 11) is 0. The minimum Gasteiger partial charge on any atom is -0.461 e. The van der Waals surface area contributed by atoms with Crippen LogP contribution in [-0.4, -0.2) is 18.4 Å². The second kappa shape index (κ2) is 5.69. The Morgan fingerprint density at radius 3 is 2.87 bits per heavy atom. The first-order valence-corrected chi connectivity index (χ1v) is 5.45. The molecular weight excluding hydrogens is 192 g/mol. The fourth-order valence-electron chi connectivity index (χ4n) is 1.89. The van der Waals surface area contributed by atoms with Gasteiger partial charge in [0.2, 0.25) is 0 Å². The van der Waals surface area contributed by atoms with Gasteiger partial charge in [0, 0.05) is 19.3 Å². The molecule has 15 heavy (non-hydrogen) atoms. The third kappa shape index (κ3) is 3.86. The van der Waals surface area contributed by atoms with Gasteiger partial charge in [-0.1, -0.05) is 19.4 Å². The molecule has 1 aliphatic carbocycles. The Kier molecular flexibility index (Phi) is 4.53. The average molecular weight is 210 g/mol. The first kappa shape index (κ1) is 12.0. The van der Waals surface area contributed by atoms with Crippen LogP contribution in [0.2, 0.25) is 0 Å². The monoisotopic (exact) mass is 210 g/mol. The van der Waals surface area contributed by atoms with E-state index >= 15 is 0 Å². The van der Waals surface area contributed by atoms with Gasteiger partial charge in [0.1, 0.15) is 12.4 Å². The zero-order chi connectivity index (χ0) is 11.3. The number of hydrogen-bond donors (Lipinski definition) is 0. The summed E-state index contributed by atoms with van der Waals surface area (Å²) in [6, 6.07) is 0. The van der Waals surface area contributed by atoms with Crippen molar-refractivity contribution in [2.75, 3.05) is 6.61 Å². The standard InChI is InChI=1S/C12H18O3/c1-9(8-15-10(2)13)11-6-4-3-5-7-12(11)14/h11H,1,3-8H2,2H3. The molecule has 1 rings (SSSR count). The molecule has 1 aliphatic rings. The van der Waals surface area contributed by atoms with Crippen molar-refractivity contribution in [2.24, 2.45) is 5.92 Å². The number of carbonyl (C=O) groups excluding carboxylic acids is 2. The highest BCUT2D eigenvalue weighted by molar-refractivity contribution is 5.83. The fraction of sp³-hybridized carbons (Fsp3) is 0.667. The summed E-state index contributed by atoms with van der Waals surface area (Å²) in [6.45, 7) is 5.39. The smallest absolute Gasteiger partial charge is 0.302 e. The Balaban J connectivity index is 2.48. The summed E-state index contributed by atoms with van der Waals surface area (Å²) in [5, 5.41) is 0. The zero-order valence-electron chi connectivity index (χ0n) is 9.25. The maximum Gasteiger partial charge on any atom is 0.302 e. The molecule has 0 N–H and O–H groups in total. The minimum atomic E-state index is -0.322. The van der Waals surface area contributed by atoms with Gasteiger partial charge in [-0.2, -0.15) is 0 Å². The normalized spacial score (nSPS) is 21.9. The molecular formula is C12H18O3. The molecule has 0 aromatic rings. The minimum absolute atomic E-state index is 0.0909. The highest BCUT2D eigenvalue weighted by Gasteiger charge is 2.23.